The Morgan fingerprint density at radius 1 is 0.692 bits per heavy atom. The number of anilines is 2. The second-order valence-electron chi connectivity index (χ2n) is 6.91. The Bertz CT molecular complexity index is 638. The van der Waals surface area contributed by atoms with Crippen molar-refractivity contribution in [3.8, 4) is 0 Å². The monoisotopic (exact) mass is 349 g/mol. The van der Waals surface area contributed by atoms with Gasteiger partial charge in [0.25, 0.3) is 0 Å². The van der Waals surface area contributed by atoms with E-state index >= 15 is 0 Å². The highest BCUT2D eigenvalue weighted by Gasteiger charge is 2.21. The normalized spacial score (nSPS) is 10.8. The molecule has 0 bridgehead atoms. The molecule has 0 fully saturated rings. The van der Waals surface area contributed by atoms with Gasteiger partial charge < -0.3 is 9.80 Å². The summed E-state index contributed by atoms with van der Waals surface area (Å²) in [5.41, 5.74) is 4.96. The number of rotatable bonds is 9. The van der Waals surface area contributed by atoms with Gasteiger partial charge in [0.05, 0.1) is 6.04 Å². The molecule has 0 radical (unpaired) electrons. The Labute approximate surface area is 158 Å². The van der Waals surface area contributed by atoms with E-state index in [-0.39, 0.29) is 6.04 Å². The maximum Gasteiger partial charge on any atom is 0.0607 e. The Morgan fingerprint density at radius 3 is 1.31 bits per heavy atom. The fourth-order valence-electron chi connectivity index (χ4n) is 3.14. The quantitative estimate of drug-likeness (QED) is 0.614. The maximum atomic E-state index is 3.94. The topological polar surface area (TPSA) is 9.72 Å². The van der Waals surface area contributed by atoms with Crippen LogP contribution < -0.4 is 9.80 Å². The van der Waals surface area contributed by atoms with Crippen LogP contribution in [0.1, 0.15) is 17.2 Å². The first-order valence-electron chi connectivity index (χ1n) is 8.98. The molecule has 2 aromatic carbocycles. The predicted octanol–water partition coefficient (Wildman–Crippen LogP) is 4.58. The van der Waals surface area contributed by atoms with Gasteiger partial charge in [-0.25, -0.2) is 0 Å². The minimum absolute atomic E-state index is 0.165. The van der Waals surface area contributed by atoms with Gasteiger partial charge in [0, 0.05) is 52.7 Å². The van der Waals surface area contributed by atoms with Gasteiger partial charge in [-0.1, -0.05) is 36.4 Å². The molecule has 3 heteroatoms. The molecular formula is C23H31N3. The molecule has 0 aliphatic rings. The van der Waals surface area contributed by atoms with Crippen molar-refractivity contribution in [1.29, 1.82) is 0 Å². The van der Waals surface area contributed by atoms with Gasteiger partial charge in [0.2, 0.25) is 0 Å². The van der Waals surface area contributed by atoms with Crippen molar-refractivity contribution in [3.63, 3.8) is 0 Å². The van der Waals surface area contributed by atoms with Crippen LogP contribution in [0.15, 0.2) is 73.8 Å². The number of hydrogen-bond acceptors (Lipinski definition) is 3. The highest BCUT2D eigenvalue weighted by Crippen LogP contribution is 2.31. The summed E-state index contributed by atoms with van der Waals surface area (Å²) in [6, 6.07) is 17.8. The molecule has 0 spiro atoms. The fourth-order valence-corrected chi connectivity index (χ4v) is 3.14. The van der Waals surface area contributed by atoms with Crippen molar-refractivity contribution >= 4 is 11.4 Å². The van der Waals surface area contributed by atoms with Crippen LogP contribution in [0.5, 0.6) is 0 Å². The lowest BCUT2D eigenvalue weighted by molar-refractivity contribution is 0.278. The van der Waals surface area contributed by atoms with Crippen LogP contribution in [0.3, 0.4) is 0 Å². The van der Waals surface area contributed by atoms with Gasteiger partial charge in [0.15, 0.2) is 0 Å². The lowest BCUT2D eigenvalue weighted by Gasteiger charge is -2.31. The third-order valence-electron chi connectivity index (χ3n) is 4.54. The van der Waals surface area contributed by atoms with Crippen molar-refractivity contribution in [2.45, 2.75) is 6.04 Å². The molecule has 0 unspecified atom stereocenters. The predicted molar refractivity (Wildman–Crippen MR) is 115 cm³/mol. The first-order valence-corrected chi connectivity index (χ1v) is 8.98. The molecule has 0 aromatic heterocycles. The van der Waals surface area contributed by atoms with Crippen LogP contribution in [0.4, 0.5) is 11.4 Å². The van der Waals surface area contributed by atoms with Crippen LogP contribution >= 0.6 is 0 Å². The molecule has 0 atom stereocenters. The summed E-state index contributed by atoms with van der Waals surface area (Å²) in [7, 11) is 8.25. The first kappa shape index (κ1) is 19.8. The molecule has 0 saturated heterocycles. The summed E-state index contributed by atoms with van der Waals surface area (Å²) in [4.78, 5) is 6.63. The van der Waals surface area contributed by atoms with E-state index in [9.17, 15) is 0 Å². The SMILES string of the molecule is C=CCN(CC=C)C(c1ccc(N(C)C)cc1)c1ccc(N(C)C)cc1. The Hall–Kier alpha value is -2.52. The molecule has 0 aliphatic heterocycles. The summed E-state index contributed by atoms with van der Waals surface area (Å²) in [5, 5.41) is 0. The average molecular weight is 350 g/mol. The minimum atomic E-state index is 0.165. The van der Waals surface area contributed by atoms with Crippen molar-refractivity contribution < 1.29 is 0 Å². The van der Waals surface area contributed by atoms with Crippen LogP contribution in [0, 0.1) is 0 Å². The van der Waals surface area contributed by atoms with E-state index in [1.54, 1.807) is 0 Å². The summed E-state index contributed by atoms with van der Waals surface area (Å²) in [5.74, 6) is 0. The van der Waals surface area contributed by atoms with Crippen molar-refractivity contribution in [3.05, 3.63) is 85.0 Å². The molecule has 0 N–H and O–H groups in total. The molecule has 138 valence electrons. The zero-order chi connectivity index (χ0) is 19.1. The molecule has 3 nitrogen and oxygen atoms in total. The molecule has 0 heterocycles. The highest BCUT2D eigenvalue weighted by molar-refractivity contribution is 5.50. The maximum absolute atomic E-state index is 3.94. The van der Waals surface area contributed by atoms with Gasteiger partial charge in [0.1, 0.15) is 0 Å². The van der Waals surface area contributed by atoms with Crippen molar-refractivity contribution in [2.24, 2.45) is 0 Å². The largest absolute Gasteiger partial charge is 0.378 e. The number of nitrogens with zero attached hydrogens (tertiary/aromatic N) is 3. The molecule has 2 aromatic rings. The zero-order valence-electron chi connectivity index (χ0n) is 16.5. The van der Waals surface area contributed by atoms with Gasteiger partial charge in [-0.15, -0.1) is 13.2 Å². The number of hydrogen-bond donors (Lipinski definition) is 0. The van der Waals surface area contributed by atoms with Gasteiger partial charge in [-0.05, 0) is 35.4 Å². The number of benzene rings is 2. The van der Waals surface area contributed by atoms with E-state index < -0.39 is 0 Å². The molecule has 0 aliphatic carbocycles. The second-order valence-corrected chi connectivity index (χ2v) is 6.91. The molecule has 0 amide bonds. The third-order valence-corrected chi connectivity index (χ3v) is 4.54. The fraction of sp³-hybridized carbons (Fsp3) is 0.304. The van der Waals surface area contributed by atoms with Crippen LogP contribution in [0.2, 0.25) is 0 Å². The Balaban J connectivity index is 2.46. The van der Waals surface area contributed by atoms with Gasteiger partial charge >= 0.3 is 0 Å². The Kier molecular flexibility index (Phi) is 7.05. The van der Waals surface area contributed by atoms with E-state index in [1.165, 1.54) is 22.5 Å². The minimum Gasteiger partial charge on any atom is -0.378 e. The van der Waals surface area contributed by atoms with E-state index in [4.69, 9.17) is 0 Å². The zero-order valence-corrected chi connectivity index (χ0v) is 16.5. The summed E-state index contributed by atoms with van der Waals surface area (Å²) in [6.45, 7) is 9.49. The van der Waals surface area contributed by atoms with Crippen LogP contribution in [-0.2, 0) is 0 Å². The summed E-state index contributed by atoms with van der Waals surface area (Å²) >= 11 is 0. The lowest BCUT2D eigenvalue weighted by Crippen LogP contribution is -2.30. The molecule has 2 rings (SSSR count). The third kappa shape index (κ3) is 4.77. The van der Waals surface area contributed by atoms with E-state index in [1.807, 2.05) is 12.2 Å². The molecular weight excluding hydrogens is 318 g/mol. The van der Waals surface area contributed by atoms with Crippen molar-refractivity contribution in [1.82, 2.24) is 4.90 Å². The van der Waals surface area contributed by atoms with Gasteiger partial charge in [-0.3, -0.25) is 4.90 Å². The van der Waals surface area contributed by atoms with E-state index in [0.29, 0.717) is 0 Å². The van der Waals surface area contributed by atoms with Crippen molar-refractivity contribution in [2.75, 3.05) is 51.1 Å². The smallest absolute Gasteiger partial charge is 0.0607 e. The second kappa shape index (κ2) is 9.25. The van der Waals surface area contributed by atoms with Gasteiger partial charge in [-0.2, -0.15) is 0 Å². The average Bonchev–Trinajstić information content (AvgIpc) is 2.63. The lowest BCUT2D eigenvalue weighted by atomic mass is 9.96. The standard InChI is InChI=1S/C23H31N3/c1-7-17-26(18-8-2)23(19-9-13-21(14-10-19)24(3)4)20-11-15-22(16-12-20)25(5)6/h7-16,23H,1-2,17-18H2,3-6H3. The van der Waals surface area contributed by atoms with Crippen LogP contribution in [0.25, 0.3) is 0 Å². The van der Waals surface area contributed by atoms with E-state index in [2.05, 4.69) is 105 Å². The van der Waals surface area contributed by atoms with E-state index in [0.717, 1.165) is 13.1 Å². The van der Waals surface area contributed by atoms with Crippen LogP contribution in [-0.4, -0.2) is 46.2 Å². The summed E-state index contributed by atoms with van der Waals surface area (Å²) in [6.07, 6.45) is 3.91. The summed E-state index contributed by atoms with van der Waals surface area (Å²) < 4.78 is 0. The first-order chi connectivity index (χ1) is 12.5. The Morgan fingerprint density at radius 2 is 1.04 bits per heavy atom. The molecule has 0 saturated carbocycles. The highest BCUT2D eigenvalue weighted by atomic mass is 15.1. The molecule has 26 heavy (non-hydrogen) atoms.